The second-order valence-electron chi connectivity index (χ2n) is 6.53. The van der Waals surface area contributed by atoms with Crippen molar-refractivity contribution in [3.63, 3.8) is 0 Å². The van der Waals surface area contributed by atoms with E-state index >= 15 is 0 Å². The molecule has 0 fully saturated rings. The molecule has 128 valence electrons. The Morgan fingerprint density at radius 2 is 1.84 bits per heavy atom. The zero-order valence-corrected chi connectivity index (χ0v) is 14.4. The van der Waals surface area contributed by atoms with E-state index < -0.39 is 0 Å². The molecule has 25 heavy (non-hydrogen) atoms. The smallest absolute Gasteiger partial charge is 0.227 e. The number of carbonyl (C=O) groups is 1. The second kappa shape index (κ2) is 6.63. The molecular formula is C21H22N2O2. The Balaban J connectivity index is 1.46. The van der Waals surface area contributed by atoms with Crippen LogP contribution in [-0.2, 0) is 24.1 Å². The molecule has 0 saturated heterocycles. The van der Waals surface area contributed by atoms with E-state index in [0.717, 1.165) is 37.2 Å². The molecule has 0 spiro atoms. The summed E-state index contributed by atoms with van der Waals surface area (Å²) in [6, 6.07) is 16.2. The van der Waals surface area contributed by atoms with Crippen molar-refractivity contribution in [2.45, 2.75) is 19.3 Å². The minimum absolute atomic E-state index is 0.194. The third kappa shape index (κ3) is 3.12. The van der Waals surface area contributed by atoms with Gasteiger partial charge in [0.2, 0.25) is 5.91 Å². The zero-order chi connectivity index (χ0) is 17.2. The van der Waals surface area contributed by atoms with Gasteiger partial charge in [0.1, 0.15) is 5.75 Å². The molecule has 1 N–H and O–H groups in total. The number of carbonyl (C=O) groups excluding carboxylic acids is 1. The third-order valence-electron chi connectivity index (χ3n) is 5.03. The lowest BCUT2D eigenvalue weighted by Crippen LogP contribution is -2.34. The van der Waals surface area contributed by atoms with Gasteiger partial charge in [-0.1, -0.05) is 30.3 Å². The molecule has 0 bridgehead atoms. The summed E-state index contributed by atoms with van der Waals surface area (Å²) in [5, 5.41) is 1.29. The Morgan fingerprint density at radius 3 is 2.64 bits per heavy atom. The number of rotatable bonds is 3. The molecule has 1 amide bonds. The number of para-hydroxylation sites is 1. The molecule has 0 saturated carbocycles. The Labute approximate surface area is 147 Å². The standard InChI is InChI=1S/C21H22N2O2/c1-25-16-8-6-15(7-9-16)14-21(24)23-12-10-18-17-4-2-3-5-19(17)22-20(18)11-13-23/h2-9,22H,10-14H2,1H3. The normalized spacial score (nSPS) is 14.2. The van der Waals surface area contributed by atoms with E-state index in [0.29, 0.717) is 6.42 Å². The highest BCUT2D eigenvalue weighted by Crippen LogP contribution is 2.25. The van der Waals surface area contributed by atoms with Crippen LogP contribution in [-0.4, -0.2) is 36.0 Å². The van der Waals surface area contributed by atoms with Gasteiger partial charge in [-0.25, -0.2) is 0 Å². The van der Waals surface area contributed by atoms with Crippen LogP contribution in [0.25, 0.3) is 10.9 Å². The predicted octanol–water partition coefficient (Wildman–Crippen LogP) is 3.35. The van der Waals surface area contributed by atoms with Gasteiger partial charge in [-0.2, -0.15) is 0 Å². The SMILES string of the molecule is COc1ccc(CC(=O)N2CCc3[nH]c4ccccc4c3CC2)cc1. The van der Waals surface area contributed by atoms with Gasteiger partial charge in [-0.3, -0.25) is 4.79 Å². The molecular weight excluding hydrogens is 312 g/mol. The van der Waals surface area contributed by atoms with Crippen LogP contribution in [0.3, 0.4) is 0 Å². The lowest BCUT2D eigenvalue weighted by Gasteiger charge is -2.20. The number of nitrogens with zero attached hydrogens (tertiary/aromatic N) is 1. The molecule has 0 unspecified atom stereocenters. The summed E-state index contributed by atoms with van der Waals surface area (Å²) in [4.78, 5) is 18.2. The fourth-order valence-corrected chi connectivity index (χ4v) is 3.64. The molecule has 1 aliphatic rings. The maximum atomic E-state index is 12.7. The number of fused-ring (bicyclic) bond motifs is 3. The van der Waals surface area contributed by atoms with Crippen molar-refractivity contribution in [2.24, 2.45) is 0 Å². The number of benzene rings is 2. The topological polar surface area (TPSA) is 45.3 Å². The Morgan fingerprint density at radius 1 is 1.08 bits per heavy atom. The minimum atomic E-state index is 0.194. The van der Waals surface area contributed by atoms with Gasteiger partial charge in [-0.05, 0) is 35.7 Å². The van der Waals surface area contributed by atoms with E-state index in [1.165, 1.54) is 22.2 Å². The van der Waals surface area contributed by atoms with E-state index in [-0.39, 0.29) is 5.91 Å². The van der Waals surface area contributed by atoms with Gasteiger partial charge in [0.25, 0.3) is 0 Å². The van der Waals surface area contributed by atoms with Gasteiger partial charge >= 0.3 is 0 Å². The highest BCUT2D eigenvalue weighted by Gasteiger charge is 2.21. The van der Waals surface area contributed by atoms with E-state index in [2.05, 4.69) is 29.2 Å². The maximum absolute atomic E-state index is 12.7. The van der Waals surface area contributed by atoms with E-state index in [1.54, 1.807) is 7.11 Å². The van der Waals surface area contributed by atoms with Crippen LogP contribution in [0, 0.1) is 0 Å². The molecule has 0 atom stereocenters. The second-order valence-corrected chi connectivity index (χ2v) is 6.53. The number of aromatic amines is 1. The van der Waals surface area contributed by atoms with E-state index in [4.69, 9.17) is 4.74 Å². The number of aromatic nitrogens is 1. The lowest BCUT2D eigenvalue weighted by atomic mass is 10.1. The fraction of sp³-hybridized carbons (Fsp3) is 0.286. The molecule has 3 aromatic rings. The first-order valence-electron chi connectivity index (χ1n) is 8.74. The molecule has 4 nitrogen and oxygen atoms in total. The summed E-state index contributed by atoms with van der Waals surface area (Å²) in [6.07, 6.45) is 2.24. The summed E-state index contributed by atoms with van der Waals surface area (Å²) in [5.41, 5.74) is 4.88. The predicted molar refractivity (Wildman–Crippen MR) is 99.0 cm³/mol. The van der Waals surface area contributed by atoms with Crippen LogP contribution in [0.4, 0.5) is 0 Å². The number of ether oxygens (including phenoxy) is 1. The number of amides is 1. The van der Waals surface area contributed by atoms with Crippen LogP contribution in [0.1, 0.15) is 16.8 Å². The Bertz CT molecular complexity index is 896. The monoisotopic (exact) mass is 334 g/mol. The van der Waals surface area contributed by atoms with Crippen molar-refractivity contribution in [3.05, 3.63) is 65.4 Å². The Kier molecular flexibility index (Phi) is 4.18. The van der Waals surface area contributed by atoms with Gasteiger partial charge in [0.15, 0.2) is 0 Å². The van der Waals surface area contributed by atoms with Crippen molar-refractivity contribution in [3.8, 4) is 5.75 Å². The van der Waals surface area contributed by atoms with Gasteiger partial charge in [-0.15, -0.1) is 0 Å². The van der Waals surface area contributed by atoms with Crippen molar-refractivity contribution < 1.29 is 9.53 Å². The quantitative estimate of drug-likeness (QED) is 0.798. The van der Waals surface area contributed by atoms with Crippen LogP contribution in [0.2, 0.25) is 0 Å². The minimum Gasteiger partial charge on any atom is -0.497 e. The number of nitrogens with one attached hydrogen (secondary N) is 1. The van der Waals surface area contributed by atoms with Gasteiger partial charge in [0.05, 0.1) is 13.5 Å². The van der Waals surface area contributed by atoms with Crippen molar-refractivity contribution >= 4 is 16.8 Å². The summed E-state index contributed by atoms with van der Waals surface area (Å²) >= 11 is 0. The summed E-state index contributed by atoms with van der Waals surface area (Å²) in [5.74, 6) is 1.01. The molecule has 0 aliphatic carbocycles. The first-order valence-corrected chi connectivity index (χ1v) is 8.74. The average Bonchev–Trinajstić information content (AvgIpc) is 2.86. The molecule has 4 rings (SSSR count). The highest BCUT2D eigenvalue weighted by atomic mass is 16.5. The molecule has 0 radical (unpaired) electrons. The molecule has 4 heteroatoms. The maximum Gasteiger partial charge on any atom is 0.227 e. The van der Waals surface area contributed by atoms with Gasteiger partial charge in [0, 0.05) is 36.1 Å². The van der Waals surface area contributed by atoms with E-state index in [1.807, 2.05) is 29.2 Å². The lowest BCUT2D eigenvalue weighted by molar-refractivity contribution is -0.130. The first-order chi connectivity index (χ1) is 12.2. The van der Waals surface area contributed by atoms with E-state index in [9.17, 15) is 4.79 Å². The van der Waals surface area contributed by atoms with Gasteiger partial charge < -0.3 is 14.6 Å². The third-order valence-corrected chi connectivity index (χ3v) is 5.03. The summed E-state index contributed by atoms with van der Waals surface area (Å²) < 4.78 is 5.17. The molecule has 2 heterocycles. The molecule has 2 aromatic carbocycles. The number of hydrogen-bond donors (Lipinski definition) is 1. The fourth-order valence-electron chi connectivity index (χ4n) is 3.64. The molecule has 1 aromatic heterocycles. The van der Waals surface area contributed by atoms with Crippen LogP contribution < -0.4 is 4.74 Å². The number of hydrogen-bond acceptors (Lipinski definition) is 2. The Hall–Kier alpha value is -2.75. The summed E-state index contributed by atoms with van der Waals surface area (Å²) in [6.45, 7) is 1.55. The highest BCUT2D eigenvalue weighted by molar-refractivity contribution is 5.85. The number of H-pyrrole nitrogens is 1. The molecule has 1 aliphatic heterocycles. The summed E-state index contributed by atoms with van der Waals surface area (Å²) in [7, 11) is 1.65. The van der Waals surface area contributed by atoms with Crippen molar-refractivity contribution in [1.82, 2.24) is 9.88 Å². The van der Waals surface area contributed by atoms with Crippen LogP contribution in [0.5, 0.6) is 5.75 Å². The van der Waals surface area contributed by atoms with Crippen LogP contribution in [0.15, 0.2) is 48.5 Å². The van der Waals surface area contributed by atoms with Crippen molar-refractivity contribution in [2.75, 3.05) is 20.2 Å². The number of methoxy groups -OCH3 is 1. The van der Waals surface area contributed by atoms with Crippen LogP contribution >= 0.6 is 0 Å². The average molecular weight is 334 g/mol. The zero-order valence-electron chi connectivity index (χ0n) is 14.4. The first kappa shape index (κ1) is 15.8. The van der Waals surface area contributed by atoms with Crippen molar-refractivity contribution in [1.29, 1.82) is 0 Å². The largest absolute Gasteiger partial charge is 0.497 e.